The van der Waals surface area contributed by atoms with Crippen molar-refractivity contribution in [2.45, 2.75) is 38.6 Å². The lowest BCUT2D eigenvalue weighted by Gasteiger charge is -2.34. The number of rotatable bonds is 5. The zero-order chi connectivity index (χ0) is 20.4. The minimum Gasteiger partial charge on any atom is -0.325 e. The highest BCUT2D eigenvalue weighted by molar-refractivity contribution is 5.97. The van der Waals surface area contributed by atoms with Gasteiger partial charge in [0.25, 0.3) is 0 Å². The molecule has 1 aliphatic heterocycles. The molecule has 3 aromatic rings. The van der Waals surface area contributed by atoms with Crippen molar-refractivity contribution in [1.82, 2.24) is 19.5 Å². The second kappa shape index (κ2) is 8.13. The van der Waals surface area contributed by atoms with E-state index in [1.165, 1.54) is 6.92 Å². The predicted octanol–water partition coefficient (Wildman–Crippen LogP) is 3.14. The fraction of sp³-hybridized carbons (Fsp3) is 0.364. The summed E-state index contributed by atoms with van der Waals surface area (Å²) in [5, 5.41) is 11.6. The van der Waals surface area contributed by atoms with E-state index in [-0.39, 0.29) is 17.7 Å². The number of benzene rings is 1. The number of anilines is 1. The number of ketones is 1. The van der Waals surface area contributed by atoms with Gasteiger partial charge < -0.3 is 5.32 Å². The maximum absolute atomic E-state index is 12.7. The molecule has 150 valence electrons. The van der Waals surface area contributed by atoms with E-state index in [4.69, 9.17) is 0 Å². The summed E-state index contributed by atoms with van der Waals surface area (Å²) < 4.78 is 2.06. The average Bonchev–Trinajstić information content (AvgIpc) is 3.18. The summed E-state index contributed by atoms with van der Waals surface area (Å²) in [6.45, 7) is 5.14. The van der Waals surface area contributed by atoms with Crippen molar-refractivity contribution in [3.63, 3.8) is 0 Å². The molecular formula is C22H25N5O2. The van der Waals surface area contributed by atoms with E-state index in [0.717, 1.165) is 37.4 Å². The number of amides is 1. The lowest BCUT2D eigenvalue weighted by atomic mass is 9.95. The highest BCUT2D eigenvalue weighted by atomic mass is 16.2. The topological polar surface area (TPSA) is 79.6 Å². The minimum absolute atomic E-state index is 0.0135. The van der Waals surface area contributed by atoms with Crippen LogP contribution in [0, 0.1) is 0 Å². The van der Waals surface area contributed by atoms with Crippen LogP contribution in [0.3, 0.4) is 0 Å². The molecule has 1 aromatic carbocycles. The fourth-order valence-corrected chi connectivity index (χ4v) is 3.88. The van der Waals surface area contributed by atoms with Gasteiger partial charge in [0.05, 0.1) is 6.04 Å². The van der Waals surface area contributed by atoms with Crippen LogP contribution in [-0.4, -0.2) is 50.3 Å². The van der Waals surface area contributed by atoms with E-state index in [2.05, 4.69) is 24.8 Å². The molecular weight excluding hydrogens is 366 g/mol. The number of carbonyl (C=O) groups excluding carboxylic acids is 2. The van der Waals surface area contributed by atoms with Crippen LogP contribution in [-0.2, 0) is 4.79 Å². The van der Waals surface area contributed by atoms with Crippen LogP contribution in [0.2, 0.25) is 0 Å². The first-order chi connectivity index (χ1) is 14.0. The predicted molar refractivity (Wildman–Crippen MR) is 111 cm³/mol. The van der Waals surface area contributed by atoms with Gasteiger partial charge in [-0.2, -0.15) is 0 Å². The van der Waals surface area contributed by atoms with E-state index in [9.17, 15) is 9.59 Å². The van der Waals surface area contributed by atoms with E-state index in [1.807, 2.05) is 31.3 Å². The molecule has 0 spiro atoms. The molecule has 3 heterocycles. The Morgan fingerprint density at radius 1 is 1.07 bits per heavy atom. The second-order valence-electron chi connectivity index (χ2n) is 7.60. The first kappa shape index (κ1) is 19.3. The zero-order valence-electron chi connectivity index (χ0n) is 16.7. The maximum Gasteiger partial charge on any atom is 0.241 e. The van der Waals surface area contributed by atoms with Crippen LogP contribution in [0.25, 0.3) is 5.65 Å². The molecule has 1 atom stereocenters. The summed E-state index contributed by atoms with van der Waals surface area (Å²) in [4.78, 5) is 26.3. The first-order valence-electron chi connectivity index (χ1n) is 9.98. The third-order valence-corrected chi connectivity index (χ3v) is 5.72. The van der Waals surface area contributed by atoms with E-state index < -0.39 is 0 Å². The van der Waals surface area contributed by atoms with Gasteiger partial charge in [-0.05, 0) is 76.2 Å². The molecule has 1 aliphatic rings. The number of likely N-dealkylation sites (tertiary alicyclic amines) is 1. The van der Waals surface area contributed by atoms with Gasteiger partial charge in [-0.3, -0.25) is 18.9 Å². The number of hydrogen-bond donors (Lipinski definition) is 1. The van der Waals surface area contributed by atoms with Gasteiger partial charge in [-0.1, -0.05) is 6.07 Å². The maximum atomic E-state index is 12.7. The summed E-state index contributed by atoms with van der Waals surface area (Å²) >= 11 is 0. The van der Waals surface area contributed by atoms with Gasteiger partial charge in [0.2, 0.25) is 5.91 Å². The largest absolute Gasteiger partial charge is 0.325 e. The highest BCUT2D eigenvalue weighted by Gasteiger charge is 2.29. The van der Waals surface area contributed by atoms with Gasteiger partial charge in [0, 0.05) is 23.4 Å². The SMILES string of the molecule is CC(=O)c1ccc(NC(=O)C(C)N2CCC(c3nnc4ccccn34)CC2)cc1. The summed E-state index contributed by atoms with van der Waals surface area (Å²) in [6.07, 6.45) is 3.89. The Bertz CT molecular complexity index is 1020. The number of nitrogens with one attached hydrogen (secondary N) is 1. The molecule has 0 radical (unpaired) electrons. The Morgan fingerprint density at radius 3 is 2.48 bits per heavy atom. The van der Waals surface area contributed by atoms with Crippen molar-refractivity contribution in [2.75, 3.05) is 18.4 Å². The van der Waals surface area contributed by atoms with Crippen molar-refractivity contribution in [1.29, 1.82) is 0 Å². The lowest BCUT2D eigenvalue weighted by Crippen LogP contribution is -2.45. The van der Waals surface area contributed by atoms with Crippen LogP contribution in [0.15, 0.2) is 48.7 Å². The van der Waals surface area contributed by atoms with E-state index >= 15 is 0 Å². The minimum atomic E-state index is -0.224. The normalized spacial score (nSPS) is 16.6. The molecule has 7 nitrogen and oxygen atoms in total. The molecule has 1 saturated heterocycles. The van der Waals surface area contributed by atoms with Crippen LogP contribution in [0.4, 0.5) is 5.69 Å². The molecule has 1 N–H and O–H groups in total. The quantitative estimate of drug-likeness (QED) is 0.676. The highest BCUT2D eigenvalue weighted by Crippen LogP contribution is 2.28. The third kappa shape index (κ3) is 4.05. The van der Waals surface area contributed by atoms with Gasteiger partial charge in [0.1, 0.15) is 5.82 Å². The summed E-state index contributed by atoms with van der Waals surface area (Å²) in [5.41, 5.74) is 2.21. The van der Waals surface area contributed by atoms with Gasteiger partial charge >= 0.3 is 0 Å². The smallest absolute Gasteiger partial charge is 0.241 e. The van der Waals surface area contributed by atoms with Crippen molar-refractivity contribution in [2.24, 2.45) is 0 Å². The molecule has 7 heteroatoms. The number of aromatic nitrogens is 3. The van der Waals surface area contributed by atoms with Crippen LogP contribution in [0.1, 0.15) is 48.8 Å². The second-order valence-corrected chi connectivity index (χ2v) is 7.60. The molecule has 29 heavy (non-hydrogen) atoms. The average molecular weight is 391 g/mol. The van der Waals surface area contributed by atoms with Gasteiger partial charge in [-0.15, -0.1) is 10.2 Å². The Morgan fingerprint density at radius 2 is 1.79 bits per heavy atom. The Hall–Kier alpha value is -3.06. The fourth-order valence-electron chi connectivity index (χ4n) is 3.88. The van der Waals surface area contributed by atoms with Crippen LogP contribution < -0.4 is 5.32 Å². The molecule has 4 rings (SSSR count). The molecule has 1 fully saturated rings. The standard InChI is InChI=1S/C22H25N5O2/c1-15(22(29)23-19-8-6-17(7-9-19)16(2)28)26-13-10-18(11-14-26)21-25-24-20-5-3-4-12-27(20)21/h3-9,12,15,18H,10-11,13-14H2,1-2H3,(H,23,29). The molecule has 1 unspecified atom stereocenters. The Kier molecular flexibility index (Phi) is 5.40. The number of carbonyl (C=O) groups is 2. The van der Waals surface area contributed by atoms with Crippen LogP contribution >= 0.6 is 0 Å². The van der Waals surface area contributed by atoms with Crippen molar-refractivity contribution < 1.29 is 9.59 Å². The molecule has 0 aliphatic carbocycles. The van der Waals surface area contributed by atoms with Gasteiger partial charge in [0.15, 0.2) is 11.4 Å². The monoisotopic (exact) mass is 391 g/mol. The summed E-state index contributed by atoms with van der Waals surface area (Å²) in [5.74, 6) is 1.33. The number of pyridine rings is 1. The Balaban J connectivity index is 1.35. The molecule has 0 bridgehead atoms. The van der Waals surface area contributed by atoms with E-state index in [0.29, 0.717) is 17.2 Å². The number of nitrogens with zero attached hydrogens (tertiary/aromatic N) is 4. The van der Waals surface area contributed by atoms with E-state index in [1.54, 1.807) is 24.3 Å². The van der Waals surface area contributed by atoms with Crippen LogP contribution in [0.5, 0.6) is 0 Å². The summed E-state index contributed by atoms with van der Waals surface area (Å²) in [7, 11) is 0. The van der Waals surface area contributed by atoms with Crippen molar-refractivity contribution >= 4 is 23.0 Å². The zero-order valence-corrected chi connectivity index (χ0v) is 16.7. The van der Waals surface area contributed by atoms with Crippen molar-refractivity contribution in [3.05, 3.63) is 60.0 Å². The first-order valence-corrected chi connectivity index (χ1v) is 9.98. The molecule has 0 saturated carbocycles. The number of fused-ring (bicyclic) bond motifs is 1. The third-order valence-electron chi connectivity index (χ3n) is 5.72. The molecule has 2 aromatic heterocycles. The summed E-state index contributed by atoms with van der Waals surface area (Å²) in [6, 6.07) is 12.7. The van der Waals surface area contributed by atoms with Crippen molar-refractivity contribution in [3.8, 4) is 0 Å². The Labute approximate surface area is 169 Å². The number of hydrogen-bond acceptors (Lipinski definition) is 5. The number of Topliss-reactive ketones (excluding diaryl/α,β-unsaturated/α-hetero) is 1. The van der Waals surface area contributed by atoms with Gasteiger partial charge in [-0.25, -0.2) is 0 Å². The molecule has 1 amide bonds. The lowest BCUT2D eigenvalue weighted by molar-refractivity contribution is -0.121. The number of piperidine rings is 1.